The van der Waals surface area contributed by atoms with Crippen LogP contribution in [-0.4, -0.2) is 0 Å². The molecular formula is C18H16N. The van der Waals surface area contributed by atoms with Crippen molar-refractivity contribution in [1.82, 2.24) is 5.32 Å². The number of hydrogen-bond donors (Lipinski definition) is 0. The lowest BCUT2D eigenvalue weighted by molar-refractivity contribution is 0.858. The third kappa shape index (κ3) is 1.77. The van der Waals surface area contributed by atoms with Gasteiger partial charge in [0, 0.05) is 11.3 Å². The summed E-state index contributed by atoms with van der Waals surface area (Å²) in [5, 5.41) is 4.80. The summed E-state index contributed by atoms with van der Waals surface area (Å²) in [5.41, 5.74) is 8.29. The van der Waals surface area contributed by atoms with Crippen LogP contribution in [0.2, 0.25) is 0 Å². The van der Waals surface area contributed by atoms with E-state index in [1.807, 2.05) is 0 Å². The zero-order valence-corrected chi connectivity index (χ0v) is 10.9. The van der Waals surface area contributed by atoms with Crippen LogP contribution >= 0.6 is 0 Å². The molecule has 0 saturated carbocycles. The van der Waals surface area contributed by atoms with E-state index < -0.39 is 0 Å². The predicted molar refractivity (Wildman–Crippen MR) is 78.3 cm³/mol. The molecule has 1 nitrogen and oxygen atoms in total. The molecule has 1 radical (unpaired) electrons. The number of rotatable bonds is 2. The van der Waals surface area contributed by atoms with Gasteiger partial charge in [0.05, 0.1) is 5.69 Å². The fourth-order valence-corrected chi connectivity index (χ4v) is 3.26. The van der Waals surface area contributed by atoms with Crippen LogP contribution < -0.4 is 5.32 Å². The maximum Gasteiger partial charge on any atom is 0.0711 e. The highest BCUT2D eigenvalue weighted by atomic mass is 14.9. The Morgan fingerprint density at radius 2 is 1.79 bits per heavy atom. The van der Waals surface area contributed by atoms with Crippen LogP contribution in [0.4, 0.5) is 5.69 Å². The molecule has 2 aromatic carbocycles. The molecule has 0 amide bonds. The molecule has 0 spiro atoms. The van der Waals surface area contributed by atoms with E-state index in [9.17, 15) is 0 Å². The molecule has 1 aliphatic carbocycles. The molecule has 4 rings (SSSR count). The molecule has 0 N–H and O–H groups in total. The Morgan fingerprint density at radius 1 is 0.895 bits per heavy atom. The molecule has 0 aromatic heterocycles. The Hall–Kier alpha value is -2.02. The first kappa shape index (κ1) is 10.9. The minimum atomic E-state index is 1.01. The van der Waals surface area contributed by atoms with Crippen LogP contribution in [-0.2, 0) is 6.42 Å². The molecule has 1 aliphatic heterocycles. The van der Waals surface area contributed by atoms with E-state index in [0.717, 1.165) is 12.8 Å². The van der Waals surface area contributed by atoms with Gasteiger partial charge in [-0.3, -0.25) is 5.32 Å². The highest BCUT2D eigenvalue weighted by Crippen LogP contribution is 2.45. The van der Waals surface area contributed by atoms with Crippen molar-refractivity contribution in [2.45, 2.75) is 25.7 Å². The Labute approximate surface area is 114 Å². The van der Waals surface area contributed by atoms with E-state index in [2.05, 4.69) is 48.5 Å². The Morgan fingerprint density at radius 3 is 2.68 bits per heavy atom. The number of hydrogen-bond acceptors (Lipinski definition) is 0. The molecule has 0 bridgehead atoms. The van der Waals surface area contributed by atoms with Crippen molar-refractivity contribution in [3.8, 4) is 0 Å². The van der Waals surface area contributed by atoms with Gasteiger partial charge in [0.1, 0.15) is 0 Å². The van der Waals surface area contributed by atoms with Gasteiger partial charge in [-0.1, -0.05) is 42.5 Å². The van der Waals surface area contributed by atoms with Gasteiger partial charge in [-0.15, -0.1) is 0 Å². The first-order valence-electron chi connectivity index (χ1n) is 7.02. The van der Waals surface area contributed by atoms with Crippen molar-refractivity contribution in [3.63, 3.8) is 0 Å². The van der Waals surface area contributed by atoms with Gasteiger partial charge >= 0.3 is 0 Å². The van der Waals surface area contributed by atoms with Gasteiger partial charge in [0.25, 0.3) is 0 Å². The van der Waals surface area contributed by atoms with E-state index in [1.54, 1.807) is 0 Å². The van der Waals surface area contributed by atoms with Crippen molar-refractivity contribution in [2.75, 3.05) is 0 Å². The Kier molecular flexibility index (Phi) is 2.44. The zero-order chi connectivity index (χ0) is 12.7. The topological polar surface area (TPSA) is 14.1 Å². The maximum absolute atomic E-state index is 4.80. The lowest BCUT2D eigenvalue weighted by atomic mass is 9.94. The Balaban J connectivity index is 1.77. The van der Waals surface area contributed by atoms with E-state index in [-0.39, 0.29) is 0 Å². The minimum Gasteiger partial charge on any atom is -0.253 e. The molecule has 0 fully saturated rings. The second-order valence-corrected chi connectivity index (χ2v) is 5.36. The molecule has 1 heterocycles. The van der Waals surface area contributed by atoms with Crippen LogP contribution in [0, 0.1) is 0 Å². The van der Waals surface area contributed by atoms with Crippen molar-refractivity contribution < 1.29 is 0 Å². The van der Waals surface area contributed by atoms with E-state index in [0.29, 0.717) is 0 Å². The second-order valence-electron chi connectivity index (χ2n) is 5.36. The fourth-order valence-electron chi connectivity index (χ4n) is 3.26. The summed E-state index contributed by atoms with van der Waals surface area (Å²) in [6.45, 7) is 0. The van der Waals surface area contributed by atoms with Gasteiger partial charge in [0.15, 0.2) is 0 Å². The predicted octanol–water partition coefficient (Wildman–Crippen LogP) is 4.42. The van der Waals surface area contributed by atoms with Crippen LogP contribution in [0.15, 0.2) is 54.2 Å². The first-order valence-corrected chi connectivity index (χ1v) is 7.02. The molecule has 93 valence electrons. The number of benzene rings is 2. The zero-order valence-electron chi connectivity index (χ0n) is 10.9. The lowest BCUT2D eigenvalue weighted by Gasteiger charge is -2.10. The van der Waals surface area contributed by atoms with Crippen LogP contribution in [0.3, 0.4) is 0 Å². The largest absolute Gasteiger partial charge is 0.253 e. The summed E-state index contributed by atoms with van der Waals surface area (Å²) in [5.74, 6) is 0. The molecule has 2 aromatic rings. The standard InChI is InChI=1S/C18H16N/c1-2-6-13(7-3-1)12-14-8-4-11-17-18(14)15-9-5-10-16(15)19-17/h1-4,6-8,11H,5,9-10,12H2. The summed E-state index contributed by atoms with van der Waals surface area (Å²) < 4.78 is 0. The average Bonchev–Trinajstić information content (AvgIpc) is 3.00. The van der Waals surface area contributed by atoms with Crippen molar-refractivity contribution >= 4 is 11.3 Å². The molecule has 0 unspecified atom stereocenters. The SMILES string of the molecule is c1ccc(Cc2cccc3c2C2=C(CCC2)[N]3)cc1. The third-order valence-electron chi connectivity index (χ3n) is 4.11. The second kappa shape index (κ2) is 4.27. The molecule has 2 aliphatic rings. The van der Waals surface area contributed by atoms with Gasteiger partial charge < -0.3 is 0 Å². The fraction of sp³-hybridized carbons (Fsp3) is 0.222. The molecule has 1 heteroatoms. The molecule has 0 atom stereocenters. The lowest BCUT2D eigenvalue weighted by Crippen LogP contribution is -1.95. The van der Waals surface area contributed by atoms with E-state index >= 15 is 0 Å². The van der Waals surface area contributed by atoms with Crippen molar-refractivity contribution in [2.24, 2.45) is 0 Å². The summed E-state index contributed by atoms with van der Waals surface area (Å²) in [6.07, 6.45) is 4.65. The van der Waals surface area contributed by atoms with E-state index in [1.165, 1.54) is 46.5 Å². The quantitative estimate of drug-likeness (QED) is 0.744. The average molecular weight is 246 g/mol. The summed E-state index contributed by atoms with van der Waals surface area (Å²) in [7, 11) is 0. The molecule has 0 saturated heterocycles. The third-order valence-corrected chi connectivity index (χ3v) is 4.11. The highest BCUT2D eigenvalue weighted by Gasteiger charge is 2.28. The van der Waals surface area contributed by atoms with Crippen molar-refractivity contribution in [1.29, 1.82) is 0 Å². The summed E-state index contributed by atoms with van der Waals surface area (Å²) in [6, 6.07) is 17.3. The summed E-state index contributed by atoms with van der Waals surface area (Å²) in [4.78, 5) is 0. The number of nitrogens with zero attached hydrogens (tertiary/aromatic N) is 1. The van der Waals surface area contributed by atoms with Crippen LogP contribution in [0.1, 0.15) is 36.0 Å². The van der Waals surface area contributed by atoms with Crippen LogP contribution in [0.25, 0.3) is 5.57 Å². The van der Waals surface area contributed by atoms with Gasteiger partial charge in [0.2, 0.25) is 0 Å². The first-order chi connectivity index (χ1) is 9.42. The van der Waals surface area contributed by atoms with Crippen molar-refractivity contribution in [3.05, 3.63) is 70.9 Å². The van der Waals surface area contributed by atoms with Gasteiger partial charge in [-0.05, 0) is 48.4 Å². The molecule has 19 heavy (non-hydrogen) atoms. The minimum absolute atomic E-state index is 1.01. The van der Waals surface area contributed by atoms with E-state index in [4.69, 9.17) is 5.32 Å². The van der Waals surface area contributed by atoms with Crippen LogP contribution in [0.5, 0.6) is 0 Å². The normalized spacial score (nSPS) is 16.2. The van der Waals surface area contributed by atoms with Gasteiger partial charge in [-0.2, -0.15) is 0 Å². The molecular weight excluding hydrogens is 230 g/mol. The number of allylic oxidation sites excluding steroid dienone is 2. The monoisotopic (exact) mass is 246 g/mol. The number of fused-ring (bicyclic) bond motifs is 2. The Bertz CT molecular complexity index is 653. The highest BCUT2D eigenvalue weighted by molar-refractivity contribution is 5.85. The van der Waals surface area contributed by atoms with Gasteiger partial charge in [-0.25, -0.2) is 0 Å². The summed E-state index contributed by atoms with van der Waals surface area (Å²) >= 11 is 0. The smallest absolute Gasteiger partial charge is 0.0711 e. The maximum atomic E-state index is 4.80.